The highest BCUT2D eigenvalue weighted by Gasteiger charge is 2.47. The van der Waals surface area contributed by atoms with Crippen LogP contribution in [0, 0.1) is 0 Å². The van der Waals surface area contributed by atoms with Gasteiger partial charge in [0.1, 0.15) is 0 Å². The molecular formula is C30H28O2. The first kappa shape index (κ1) is 21.6. The standard InChI is InChI=1S/C30H28O2/c1-2-32-29(31)28(25-17-9-4-10-18-25)30(26-19-11-5-12-20-26,27-21-13-6-14-22-27)23-24-15-7-3-8-16-24/h3-22,28H,2,23H2,1H3. The van der Waals surface area contributed by atoms with E-state index >= 15 is 0 Å². The quantitative estimate of drug-likeness (QED) is 0.302. The number of rotatable bonds is 8. The highest BCUT2D eigenvalue weighted by atomic mass is 16.5. The Morgan fingerprint density at radius 3 is 1.59 bits per heavy atom. The third kappa shape index (κ3) is 4.36. The summed E-state index contributed by atoms with van der Waals surface area (Å²) in [7, 11) is 0. The van der Waals surface area contributed by atoms with Crippen molar-refractivity contribution in [1.29, 1.82) is 0 Å². The minimum absolute atomic E-state index is 0.206. The summed E-state index contributed by atoms with van der Waals surface area (Å²) in [5, 5.41) is 0. The van der Waals surface area contributed by atoms with Crippen LogP contribution in [0.1, 0.15) is 35.1 Å². The van der Waals surface area contributed by atoms with Gasteiger partial charge >= 0.3 is 5.97 Å². The molecule has 0 radical (unpaired) electrons. The van der Waals surface area contributed by atoms with Crippen LogP contribution in [0.5, 0.6) is 0 Å². The Morgan fingerprint density at radius 2 is 1.12 bits per heavy atom. The van der Waals surface area contributed by atoms with E-state index in [2.05, 4.69) is 48.5 Å². The predicted molar refractivity (Wildman–Crippen MR) is 130 cm³/mol. The van der Waals surface area contributed by atoms with Crippen LogP contribution in [-0.2, 0) is 21.4 Å². The fraction of sp³-hybridized carbons (Fsp3) is 0.167. The summed E-state index contributed by atoms with van der Waals surface area (Å²) in [6.07, 6.45) is 0.667. The Labute approximate surface area is 190 Å². The van der Waals surface area contributed by atoms with Crippen LogP contribution >= 0.6 is 0 Å². The number of hydrogen-bond acceptors (Lipinski definition) is 2. The van der Waals surface area contributed by atoms with Crippen molar-refractivity contribution in [1.82, 2.24) is 0 Å². The zero-order valence-electron chi connectivity index (χ0n) is 18.4. The summed E-state index contributed by atoms with van der Waals surface area (Å²) in [4.78, 5) is 13.7. The van der Waals surface area contributed by atoms with Crippen molar-refractivity contribution < 1.29 is 9.53 Å². The smallest absolute Gasteiger partial charge is 0.314 e. The highest BCUT2D eigenvalue weighted by Crippen LogP contribution is 2.48. The molecule has 0 saturated heterocycles. The molecule has 4 aromatic carbocycles. The Balaban J connectivity index is 2.05. The lowest BCUT2D eigenvalue weighted by Crippen LogP contribution is -2.42. The van der Waals surface area contributed by atoms with Crippen molar-refractivity contribution in [2.45, 2.75) is 24.7 Å². The predicted octanol–water partition coefficient (Wildman–Crippen LogP) is 6.56. The molecule has 32 heavy (non-hydrogen) atoms. The van der Waals surface area contributed by atoms with Crippen molar-refractivity contribution in [3.63, 3.8) is 0 Å². The Bertz CT molecular complexity index is 1070. The molecule has 0 aliphatic rings. The van der Waals surface area contributed by atoms with Crippen molar-refractivity contribution in [2.75, 3.05) is 6.61 Å². The Kier molecular flexibility index (Phi) is 6.81. The van der Waals surface area contributed by atoms with Gasteiger partial charge in [-0.25, -0.2) is 0 Å². The van der Waals surface area contributed by atoms with Crippen LogP contribution in [0.15, 0.2) is 121 Å². The lowest BCUT2D eigenvalue weighted by atomic mass is 9.60. The molecule has 1 atom stereocenters. The van der Waals surface area contributed by atoms with Gasteiger partial charge in [0, 0.05) is 5.41 Å². The molecule has 4 aromatic rings. The van der Waals surface area contributed by atoms with E-state index in [4.69, 9.17) is 4.74 Å². The van der Waals surface area contributed by atoms with E-state index < -0.39 is 11.3 Å². The van der Waals surface area contributed by atoms with Crippen molar-refractivity contribution >= 4 is 5.97 Å². The molecule has 0 aliphatic carbocycles. The van der Waals surface area contributed by atoms with Gasteiger partial charge in [0.05, 0.1) is 12.5 Å². The number of carbonyl (C=O) groups excluding carboxylic acids is 1. The maximum absolute atomic E-state index is 13.7. The summed E-state index contributed by atoms with van der Waals surface area (Å²) in [5.74, 6) is -0.712. The zero-order valence-corrected chi connectivity index (χ0v) is 18.4. The fourth-order valence-electron chi connectivity index (χ4n) is 4.69. The van der Waals surface area contributed by atoms with Crippen molar-refractivity contribution in [3.8, 4) is 0 Å². The second-order valence-electron chi connectivity index (χ2n) is 7.96. The molecule has 4 rings (SSSR count). The summed E-state index contributed by atoms with van der Waals surface area (Å²) < 4.78 is 5.71. The SMILES string of the molecule is CCOC(=O)C(c1ccccc1)C(Cc1ccccc1)(c1ccccc1)c1ccccc1. The maximum Gasteiger partial charge on any atom is 0.314 e. The number of hydrogen-bond donors (Lipinski definition) is 0. The molecule has 0 saturated carbocycles. The number of esters is 1. The van der Waals surface area contributed by atoms with Gasteiger partial charge in [-0.05, 0) is 35.6 Å². The van der Waals surface area contributed by atoms with Crippen LogP contribution in [0.25, 0.3) is 0 Å². The van der Waals surface area contributed by atoms with E-state index in [1.807, 2.05) is 79.7 Å². The van der Waals surface area contributed by atoms with E-state index in [1.54, 1.807) is 0 Å². The molecule has 0 aliphatic heterocycles. The zero-order chi connectivity index (χ0) is 22.2. The molecule has 0 aromatic heterocycles. The first-order valence-electron chi connectivity index (χ1n) is 11.1. The van der Waals surface area contributed by atoms with E-state index in [-0.39, 0.29) is 5.97 Å². The Morgan fingerprint density at radius 1 is 0.688 bits per heavy atom. The van der Waals surface area contributed by atoms with Gasteiger partial charge in [0.15, 0.2) is 0 Å². The Hall–Kier alpha value is -3.65. The summed E-state index contributed by atoms with van der Waals surface area (Å²) in [6.45, 7) is 2.21. The van der Waals surface area contributed by atoms with Gasteiger partial charge in [0.2, 0.25) is 0 Å². The normalized spacial score (nSPS) is 12.2. The topological polar surface area (TPSA) is 26.3 Å². The van der Waals surface area contributed by atoms with Crippen LogP contribution in [-0.4, -0.2) is 12.6 Å². The average molecular weight is 421 g/mol. The third-order valence-electron chi connectivity index (χ3n) is 6.05. The maximum atomic E-state index is 13.7. The molecule has 0 N–H and O–H groups in total. The van der Waals surface area contributed by atoms with E-state index in [1.165, 1.54) is 5.56 Å². The van der Waals surface area contributed by atoms with Gasteiger partial charge in [0.25, 0.3) is 0 Å². The third-order valence-corrected chi connectivity index (χ3v) is 6.05. The molecule has 0 fully saturated rings. The van der Waals surface area contributed by atoms with E-state index in [0.717, 1.165) is 16.7 Å². The lowest BCUT2D eigenvalue weighted by molar-refractivity contribution is -0.146. The summed E-state index contributed by atoms with van der Waals surface area (Å²) in [5.41, 5.74) is 3.67. The molecule has 0 spiro atoms. The van der Waals surface area contributed by atoms with Gasteiger partial charge < -0.3 is 4.74 Å². The molecular weight excluding hydrogens is 392 g/mol. The molecule has 160 valence electrons. The van der Waals surface area contributed by atoms with Gasteiger partial charge in [-0.3, -0.25) is 4.79 Å². The van der Waals surface area contributed by atoms with Crippen molar-refractivity contribution in [3.05, 3.63) is 144 Å². The first-order chi connectivity index (χ1) is 15.8. The number of carbonyl (C=O) groups is 1. The molecule has 0 heterocycles. The lowest BCUT2D eigenvalue weighted by Gasteiger charge is -2.41. The van der Waals surface area contributed by atoms with Crippen LogP contribution in [0.2, 0.25) is 0 Å². The van der Waals surface area contributed by atoms with Crippen molar-refractivity contribution in [2.24, 2.45) is 0 Å². The van der Waals surface area contributed by atoms with E-state index in [0.29, 0.717) is 13.0 Å². The molecule has 2 nitrogen and oxygen atoms in total. The van der Waals surface area contributed by atoms with Crippen LogP contribution in [0.3, 0.4) is 0 Å². The summed E-state index contributed by atoms with van der Waals surface area (Å²) in [6, 6.07) is 41.2. The van der Waals surface area contributed by atoms with Gasteiger partial charge in [-0.1, -0.05) is 121 Å². The number of ether oxygens (including phenoxy) is 1. The summed E-state index contributed by atoms with van der Waals surface area (Å²) >= 11 is 0. The molecule has 2 heteroatoms. The van der Waals surface area contributed by atoms with E-state index in [9.17, 15) is 4.79 Å². The van der Waals surface area contributed by atoms with Gasteiger partial charge in [-0.15, -0.1) is 0 Å². The molecule has 0 amide bonds. The average Bonchev–Trinajstić information content (AvgIpc) is 2.86. The minimum atomic E-state index is -0.641. The van der Waals surface area contributed by atoms with Crippen LogP contribution in [0.4, 0.5) is 0 Å². The highest BCUT2D eigenvalue weighted by molar-refractivity contribution is 5.82. The second kappa shape index (κ2) is 10.1. The monoisotopic (exact) mass is 420 g/mol. The largest absolute Gasteiger partial charge is 0.465 e. The minimum Gasteiger partial charge on any atom is -0.465 e. The molecule has 0 bridgehead atoms. The second-order valence-corrected chi connectivity index (χ2v) is 7.96. The number of benzene rings is 4. The fourth-order valence-corrected chi connectivity index (χ4v) is 4.69. The first-order valence-corrected chi connectivity index (χ1v) is 11.1. The van der Waals surface area contributed by atoms with Crippen LogP contribution < -0.4 is 0 Å². The molecule has 1 unspecified atom stereocenters. The van der Waals surface area contributed by atoms with Gasteiger partial charge in [-0.2, -0.15) is 0 Å².